The molecule has 1 amide bonds. The van der Waals surface area contributed by atoms with E-state index in [9.17, 15) is 4.79 Å². The summed E-state index contributed by atoms with van der Waals surface area (Å²) in [7, 11) is 0. The molecule has 3 heterocycles. The second-order valence-electron chi connectivity index (χ2n) is 4.63. The van der Waals surface area contributed by atoms with Gasteiger partial charge < -0.3 is 10.6 Å². The number of carbonyl (C=O) groups excluding carboxylic acids is 1. The molecule has 8 heteroatoms. The minimum Gasteiger partial charge on any atom is -0.352 e. The van der Waals surface area contributed by atoms with Crippen molar-refractivity contribution in [3.8, 4) is 0 Å². The maximum Gasteiger partial charge on any atom is 0.252 e. The van der Waals surface area contributed by atoms with Crippen LogP contribution in [0.3, 0.4) is 0 Å². The number of hydrogen-bond donors (Lipinski definition) is 2. The third-order valence-electron chi connectivity index (χ3n) is 3.25. The average Bonchev–Trinajstić information content (AvgIpc) is 2.68. The summed E-state index contributed by atoms with van der Waals surface area (Å²) < 4.78 is 1.82. The normalized spacial score (nSPS) is 14.1. The van der Waals surface area contributed by atoms with Gasteiger partial charge in [-0.2, -0.15) is 0 Å². The van der Waals surface area contributed by atoms with E-state index in [4.69, 9.17) is 0 Å². The van der Waals surface area contributed by atoms with Gasteiger partial charge in [-0.05, 0) is 19.1 Å². The van der Waals surface area contributed by atoms with Crippen molar-refractivity contribution in [1.29, 1.82) is 0 Å². The molecule has 0 spiro atoms. The summed E-state index contributed by atoms with van der Waals surface area (Å²) in [4.78, 5) is 12.0. The van der Waals surface area contributed by atoms with Gasteiger partial charge in [0.1, 0.15) is 5.82 Å². The van der Waals surface area contributed by atoms with E-state index in [1.165, 1.54) is 0 Å². The number of carbonyl (C=O) groups is 1. The molecule has 0 atom stereocenters. The molecule has 1 aliphatic rings. The number of nitrogens with one attached hydrogen (secondary N) is 2. The molecule has 0 bridgehead atoms. The lowest BCUT2D eigenvalue weighted by Gasteiger charge is -2.27. The van der Waals surface area contributed by atoms with Crippen molar-refractivity contribution < 1.29 is 4.79 Å². The number of amides is 1. The Morgan fingerprint density at radius 1 is 1.40 bits per heavy atom. The first-order valence-corrected chi connectivity index (χ1v) is 6.04. The summed E-state index contributed by atoms with van der Waals surface area (Å²) in [5.74, 6) is 1.30. The molecule has 0 radical (unpaired) electrons. The van der Waals surface area contributed by atoms with Gasteiger partial charge in [-0.15, -0.1) is 35.0 Å². The maximum absolute atomic E-state index is 12.0. The quantitative estimate of drug-likeness (QED) is 0.879. The summed E-state index contributed by atoms with van der Waals surface area (Å²) in [6.07, 6.45) is 1.78. The summed E-state index contributed by atoms with van der Waals surface area (Å²) in [6.45, 7) is 4.57. The molecule has 1 aliphatic heterocycles. The minimum absolute atomic E-state index is 0. The molecule has 1 saturated heterocycles. The van der Waals surface area contributed by atoms with E-state index in [1.54, 1.807) is 18.3 Å². The van der Waals surface area contributed by atoms with E-state index in [1.807, 2.05) is 11.3 Å². The van der Waals surface area contributed by atoms with Crippen molar-refractivity contribution in [2.24, 2.45) is 5.92 Å². The van der Waals surface area contributed by atoms with Crippen LogP contribution in [0.15, 0.2) is 18.3 Å². The van der Waals surface area contributed by atoms with Crippen molar-refractivity contribution in [3.05, 3.63) is 29.7 Å². The summed E-state index contributed by atoms with van der Waals surface area (Å²) >= 11 is 0. The zero-order chi connectivity index (χ0) is 12.5. The number of nitrogens with zero attached hydrogens (tertiary/aromatic N) is 3. The molecule has 0 aliphatic carbocycles. The lowest BCUT2D eigenvalue weighted by Crippen LogP contribution is -2.48. The first-order valence-electron chi connectivity index (χ1n) is 6.04. The molecule has 3 rings (SSSR count). The molecule has 0 unspecified atom stereocenters. The van der Waals surface area contributed by atoms with Crippen LogP contribution in [-0.4, -0.2) is 40.1 Å². The van der Waals surface area contributed by atoms with E-state index in [-0.39, 0.29) is 30.7 Å². The number of aryl methyl sites for hydroxylation is 1. The maximum atomic E-state index is 12.0. The van der Waals surface area contributed by atoms with Crippen molar-refractivity contribution >= 4 is 36.4 Å². The van der Waals surface area contributed by atoms with Gasteiger partial charge in [0.25, 0.3) is 5.91 Å². The van der Waals surface area contributed by atoms with Crippen LogP contribution < -0.4 is 10.6 Å². The van der Waals surface area contributed by atoms with Crippen LogP contribution in [0.2, 0.25) is 0 Å². The Balaban J connectivity index is 0.000001000. The van der Waals surface area contributed by atoms with E-state index >= 15 is 0 Å². The molecule has 20 heavy (non-hydrogen) atoms. The lowest BCUT2D eigenvalue weighted by atomic mass is 10.0. The smallest absolute Gasteiger partial charge is 0.252 e. The highest BCUT2D eigenvalue weighted by Gasteiger charge is 2.17. The molecule has 0 aromatic carbocycles. The average molecular weight is 318 g/mol. The minimum atomic E-state index is -0.0445. The highest BCUT2D eigenvalue weighted by Crippen LogP contribution is 2.07. The van der Waals surface area contributed by atoms with E-state index in [0.29, 0.717) is 11.5 Å². The third-order valence-corrected chi connectivity index (χ3v) is 3.25. The van der Waals surface area contributed by atoms with Gasteiger partial charge in [-0.1, -0.05) is 0 Å². The van der Waals surface area contributed by atoms with Crippen molar-refractivity contribution in [2.75, 3.05) is 19.6 Å². The first-order chi connectivity index (χ1) is 8.74. The predicted octanol–water partition coefficient (Wildman–Crippen LogP) is 0.831. The lowest BCUT2D eigenvalue weighted by molar-refractivity contribution is 0.0942. The van der Waals surface area contributed by atoms with Gasteiger partial charge in [-0.3, -0.25) is 9.20 Å². The SMILES string of the molecule is Cc1nnc2ccc(C(=O)NCC3CNC3)cn12.Cl.Cl. The molecule has 2 aromatic heterocycles. The molecule has 1 fully saturated rings. The second-order valence-corrected chi connectivity index (χ2v) is 4.63. The predicted molar refractivity (Wildman–Crippen MR) is 80.9 cm³/mol. The monoisotopic (exact) mass is 317 g/mol. The Kier molecular flexibility index (Phi) is 5.74. The van der Waals surface area contributed by atoms with Crippen LogP contribution in [0.4, 0.5) is 0 Å². The fourth-order valence-electron chi connectivity index (χ4n) is 1.97. The fourth-order valence-corrected chi connectivity index (χ4v) is 1.97. The number of aromatic nitrogens is 3. The van der Waals surface area contributed by atoms with Crippen molar-refractivity contribution in [3.63, 3.8) is 0 Å². The number of fused-ring (bicyclic) bond motifs is 1. The molecule has 2 aromatic rings. The number of rotatable bonds is 3. The van der Waals surface area contributed by atoms with E-state index in [2.05, 4.69) is 20.8 Å². The van der Waals surface area contributed by atoms with Gasteiger partial charge >= 0.3 is 0 Å². The van der Waals surface area contributed by atoms with Gasteiger partial charge in [0, 0.05) is 31.7 Å². The molecule has 0 saturated carbocycles. The molecule has 6 nitrogen and oxygen atoms in total. The van der Waals surface area contributed by atoms with Crippen LogP contribution in [0, 0.1) is 12.8 Å². The van der Waals surface area contributed by atoms with Crippen LogP contribution in [0.25, 0.3) is 5.65 Å². The number of pyridine rings is 1. The summed E-state index contributed by atoms with van der Waals surface area (Å²) in [5.41, 5.74) is 1.39. The molecule has 110 valence electrons. The van der Waals surface area contributed by atoms with Crippen LogP contribution in [0.5, 0.6) is 0 Å². The number of hydrogen-bond acceptors (Lipinski definition) is 4. The summed E-state index contributed by atoms with van der Waals surface area (Å²) in [6, 6.07) is 3.58. The van der Waals surface area contributed by atoms with E-state index < -0.39 is 0 Å². The van der Waals surface area contributed by atoms with Crippen molar-refractivity contribution in [1.82, 2.24) is 25.2 Å². The van der Waals surface area contributed by atoms with Crippen molar-refractivity contribution in [2.45, 2.75) is 6.92 Å². The Labute approximate surface area is 129 Å². The highest BCUT2D eigenvalue weighted by molar-refractivity contribution is 5.94. The molecule has 2 N–H and O–H groups in total. The van der Waals surface area contributed by atoms with Gasteiger partial charge in [0.05, 0.1) is 5.56 Å². The third kappa shape index (κ3) is 3.20. The highest BCUT2D eigenvalue weighted by atomic mass is 35.5. The molecular weight excluding hydrogens is 301 g/mol. The van der Waals surface area contributed by atoms with Crippen LogP contribution in [-0.2, 0) is 0 Å². The molecular formula is C12H17Cl2N5O. The largest absolute Gasteiger partial charge is 0.352 e. The Hall–Kier alpha value is -1.37. The van der Waals surface area contributed by atoms with E-state index in [0.717, 1.165) is 31.1 Å². The second kappa shape index (κ2) is 6.88. The standard InChI is InChI=1S/C12H15N5O.2ClH/c1-8-15-16-11-3-2-10(7-17(8)11)12(18)14-6-9-4-13-5-9;;/h2-3,7,9,13H,4-6H2,1H3,(H,14,18);2*1H. The van der Waals surface area contributed by atoms with Gasteiger partial charge in [0.15, 0.2) is 5.65 Å². The Bertz CT molecular complexity index is 597. The Morgan fingerprint density at radius 3 is 2.80 bits per heavy atom. The van der Waals surface area contributed by atoms with Gasteiger partial charge in [-0.25, -0.2) is 0 Å². The zero-order valence-electron chi connectivity index (χ0n) is 11.0. The fraction of sp³-hybridized carbons (Fsp3) is 0.417. The summed E-state index contributed by atoms with van der Waals surface area (Å²) in [5, 5.41) is 14.1. The first kappa shape index (κ1) is 16.7. The van der Waals surface area contributed by atoms with Gasteiger partial charge in [0.2, 0.25) is 0 Å². The van der Waals surface area contributed by atoms with Crippen LogP contribution in [0.1, 0.15) is 16.2 Å². The Morgan fingerprint density at radius 2 is 2.15 bits per heavy atom. The van der Waals surface area contributed by atoms with Crippen LogP contribution >= 0.6 is 24.8 Å². The number of halogens is 2. The zero-order valence-corrected chi connectivity index (χ0v) is 12.6. The topological polar surface area (TPSA) is 71.3 Å².